The average molecular weight is 247 g/mol. The molecule has 0 saturated carbocycles. The zero-order valence-corrected chi connectivity index (χ0v) is 8.92. The van der Waals surface area contributed by atoms with E-state index in [2.05, 4.69) is 10.1 Å². The first kappa shape index (κ1) is 12.2. The van der Waals surface area contributed by atoms with Crippen LogP contribution in [-0.2, 0) is 5.60 Å². The van der Waals surface area contributed by atoms with Gasteiger partial charge < -0.3 is 15.2 Å². The largest absolute Gasteiger partial charge is 0.573 e. The Hall–Kier alpha value is -1.27. The molecule has 1 atom stereocenters. The lowest BCUT2D eigenvalue weighted by Crippen LogP contribution is -2.30. The highest BCUT2D eigenvalue weighted by Gasteiger charge is 2.38. The van der Waals surface area contributed by atoms with Gasteiger partial charge in [0.15, 0.2) is 0 Å². The van der Waals surface area contributed by atoms with Crippen LogP contribution in [-0.4, -0.2) is 24.6 Å². The van der Waals surface area contributed by atoms with Crippen molar-refractivity contribution in [1.29, 1.82) is 0 Å². The van der Waals surface area contributed by atoms with Crippen LogP contribution in [0.3, 0.4) is 0 Å². The smallest absolute Gasteiger partial charge is 0.405 e. The summed E-state index contributed by atoms with van der Waals surface area (Å²) in [6.07, 6.45) is -4.39. The van der Waals surface area contributed by atoms with Gasteiger partial charge in [0.05, 0.1) is 0 Å². The predicted molar refractivity (Wildman–Crippen MR) is 54.5 cm³/mol. The third kappa shape index (κ3) is 2.70. The highest BCUT2D eigenvalue weighted by Crippen LogP contribution is 2.36. The van der Waals surface area contributed by atoms with Crippen molar-refractivity contribution in [3.63, 3.8) is 0 Å². The first-order valence-electron chi connectivity index (χ1n) is 5.19. The number of benzene rings is 1. The highest BCUT2D eigenvalue weighted by atomic mass is 19.4. The van der Waals surface area contributed by atoms with Gasteiger partial charge in [0.2, 0.25) is 0 Å². The lowest BCUT2D eigenvalue weighted by Gasteiger charge is -2.24. The fourth-order valence-electron chi connectivity index (χ4n) is 1.97. The molecule has 0 aliphatic carbocycles. The van der Waals surface area contributed by atoms with E-state index in [1.165, 1.54) is 18.2 Å². The summed E-state index contributed by atoms with van der Waals surface area (Å²) >= 11 is 0. The van der Waals surface area contributed by atoms with Crippen LogP contribution in [0.1, 0.15) is 12.0 Å². The van der Waals surface area contributed by atoms with Gasteiger partial charge in [-0.2, -0.15) is 0 Å². The standard InChI is InChI=1S/C11H12F3NO2/c12-11(13,14)17-9-4-2-1-3-8(9)10(16)5-6-15-7-10/h1-4,15-16H,5-7H2. The minimum atomic E-state index is -4.75. The second-order valence-electron chi connectivity index (χ2n) is 4.00. The lowest BCUT2D eigenvalue weighted by molar-refractivity contribution is -0.275. The maximum absolute atomic E-state index is 12.2. The molecule has 1 aromatic carbocycles. The molecule has 1 saturated heterocycles. The number of halogens is 3. The van der Waals surface area contributed by atoms with Gasteiger partial charge in [-0.1, -0.05) is 18.2 Å². The van der Waals surface area contributed by atoms with Crippen LogP contribution in [0.2, 0.25) is 0 Å². The summed E-state index contributed by atoms with van der Waals surface area (Å²) in [6, 6.07) is 5.68. The van der Waals surface area contributed by atoms with Crippen LogP contribution >= 0.6 is 0 Å². The van der Waals surface area contributed by atoms with E-state index in [4.69, 9.17) is 0 Å². The molecule has 2 rings (SSSR count). The molecule has 17 heavy (non-hydrogen) atoms. The van der Waals surface area contributed by atoms with Crippen molar-refractivity contribution in [2.24, 2.45) is 0 Å². The molecule has 94 valence electrons. The summed E-state index contributed by atoms with van der Waals surface area (Å²) in [6.45, 7) is 0.794. The van der Waals surface area contributed by atoms with Crippen molar-refractivity contribution < 1.29 is 23.0 Å². The monoisotopic (exact) mass is 247 g/mol. The molecule has 0 aromatic heterocycles. The summed E-state index contributed by atoms with van der Waals surface area (Å²) < 4.78 is 40.6. The van der Waals surface area contributed by atoms with Gasteiger partial charge in [0.1, 0.15) is 11.4 Å². The number of nitrogens with one attached hydrogen (secondary N) is 1. The SMILES string of the molecule is OC1(c2ccccc2OC(F)(F)F)CCNC1. The Bertz CT molecular complexity index is 400. The third-order valence-corrected chi connectivity index (χ3v) is 2.75. The lowest BCUT2D eigenvalue weighted by atomic mass is 9.92. The number of aliphatic hydroxyl groups is 1. The molecule has 1 aliphatic heterocycles. The van der Waals surface area contributed by atoms with E-state index >= 15 is 0 Å². The normalized spacial score (nSPS) is 24.9. The number of para-hydroxylation sites is 1. The van der Waals surface area contributed by atoms with Gasteiger partial charge in [0, 0.05) is 12.1 Å². The molecule has 6 heteroatoms. The van der Waals surface area contributed by atoms with Gasteiger partial charge in [-0.15, -0.1) is 13.2 Å². The third-order valence-electron chi connectivity index (χ3n) is 2.75. The predicted octanol–water partition coefficient (Wildman–Crippen LogP) is 1.77. The van der Waals surface area contributed by atoms with Crippen molar-refractivity contribution in [3.8, 4) is 5.75 Å². The van der Waals surface area contributed by atoms with Crippen molar-refractivity contribution in [2.75, 3.05) is 13.1 Å². The minimum absolute atomic E-state index is 0.169. The first-order valence-corrected chi connectivity index (χ1v) is 5.19. The molecule has 1 heterocycles. The van der Waals surface area contributed by atoms with Crippen molar-refractivity contribution in [2.45, 2.75) is 18.4 Å². The topological polar surface area (TPSA) is 41.5 Å². The fraction of sp³-hybridized carbons (Fsp3) is 0.455. The fourth-order valence-corrected chi connectivity index (χ4v) is 1.97. The van der Waals surface area contributed by atoms with Crippen LogP contribution in [0.25, 0.3) is 0 Å². The Morgan fingerprint density at radius 3 is 2.59 bits per heavy atom. The van der Waals surface area contributed by atoms with Crippen molar-refractivity contribution >= 4 is 0 Å². The second kappa shape index (κ2) is 4.19. The van der Waals surface area contributed by atoms with E-state index in [0.29, 0.717) is 13.0 Å². The number of rotatable bonds is 2. The molecule has 0 amide bonds. The van der Waals surface area contributed by atoms with Crippen LogP contribution in [0.5, 0.6) is 5.75 Å². The molecular weight excluding hydrogens is 235 g/mol. The molecule has 1 fully saturated rings. The van der Waals surface area contributed by atoms with E-state index in [-0.39, 0.29) is 17.9 Å². The zero-order chi connectivity index (χ0) is 12.5. The van der Waals surface area contributed by atoms with E-state index in [0.717, 1.165) is 0 Å². The van der Waals surface area contributed by atoms with Gasteiger partial charge in [-0.3, -0.25) is 0 Å². The quantitative estimate of drug-likeness (QED) is 0.836. The zero-order valence-electron chi connectivity index (χ0n) is 8.92. The molecule has 1 aromatic rings. The summed E-state index contributed by atoms with van der Waals surface area (Å²) in [5.74, 6) is -0.341. The molecule has 0 spiro atoms. The Kier molecular flexibility index (Phi) is 3.01. The molecule has 1 unspecified atom stereocenters. The summed E-state index contributed by atoms with van der Waals surface area (Å²) in [5, 5.41) is 13.1. The van der Waals surface area contributed by atoms with Gasteiger partial charge >= 0.3 is 6.36 Å². The van der Waals surface area contributed by atoms with E-state index < -0.39 is 12.0 Å². The van der Waals surface area contributed by atoms with Crippen LogP contribution in [0.15, 0.2) is 24.3 Å². The average Bonchev–Trinajstić information content (AvgIpc) is 2.64. The van der Waals surface area contributed by atoms with E-state index in [1.54, 1.807) is 6.07 Å². The molecule has 0 radical (unpaired) electrons. The van der Waals surface area contributed by atoms with Crippen LogP contribution < -0.4 is 10.1 Å². The Labute approximate surface area is 96.2 Å². The Balaban J connectivity index is 2.33. The van der Waals surface area contributed by atoms with Crippen molar-refractivity contribution in [1.82, 2.24) is 5.32 Å². The summed E-state index contributed by atoms with van der Waals surface area (Å²) in [4.78, 5) is 0. The number of hydrogen-bond acceptors (Lipinski definition) is 3. The molecule has 3 nitrogen and oxygen atoms in total. The maximum atomic E-state index is 12.2. The van der Waals surface area contributed by atoms with E-state index in [1.807, 2.05) is 0 Å². The van der Waals surface area contributed by atoms with Gasteiger partial charge in [-0.05, 0) is 19.0 Å². The Morgan fingerprint density at radius 1 is 1.29 bits per heavy atom. The number of β-amino-alcohol motifs (C(OH)–C–C–N with tert-alkyl or cyclic N) is 1. The maximum Gasteiger partial charge on any atom is 0.573 e. The first-order chi connectivity index (χ1) is 7.91. The van der Waals surface area contributed by atoms with Crippen LogP contribution in [0.4, 0.5) is 13.2 Å². The Morgan fingerprint density at radius 2 is 2.00 bits per heavy atom. The molecular formula is C11H12F3NO2. The van der Waals surface area contributed by atoms with Gasteiger partial charge in [-0.25, -0.2) is 0 Å². The number of ether oxygens (including phenoxy) is 1. The second-order valence-corrected chi connectivity index (χ2v) is 4.00. The minimum Gasteiger partial charge on any atom is -0.405 e. The summed E-state index contributed by atoms with van der Waals surface area (Å²) in [5.41, 5.74) is -1.12. The highest BCUT2D eigenvalue weighted by molar-refractivity contribution is 5.39. The molecule has 1 aliphatic rings. The molecule has 2 N–H and O–H groups in total. The number of alkyl halides is 3. The van der Waals surface area contributed by atoms with Crippen molar-refractivity contribution in [3.05, 3.63) is 29.8 Å². The molecule has 0 bridgehead atoms. The number of hydrogen-bond donors (Lipinski definition) is 2. The van der Waals surface area contributed by atoms with E-state index in [9.17, 15) is 18.3 Å². The van der Waals surface area contributed by atoms with Gasteiger partial charge in [0.25, 0.3) is 0 Å². The summed E-state index contributed by atoms with van der Waals surface area (Å²) in [7, 11) is 0. The van der Waals surface area contributed by atoms with Crippen LogP contribution in [0, 0.1) is 0 Å².